The maximum absolute atomic E-state index is 11.1. The van der Waals surface area contributed by atoms with Gasteiger partial charge in [0, 0.05) is 48.9 Å². The van der Waals surface area contributed by atoms with Gasteiger partial charge in [0.25, 0.3) is 0 Å². The highest BCUT2D eigenvalue weighted by atomic mass is 16.4. The largest absolute Gasteiger partial charge is 0.550 e. The zero-order chi connectivity index (χ0) is 17.2. The van der Waals surface area contributed by atoms with Gasteiger partial charge in [0.05, 0.1) is 18.8 Å². The minimum atomic E-state index is -0.911. The molecule has 0 aliphatic carbocycles. The molecule has 4 rings (SSSR count). The Morgan fingerprint density at radius 3 is 2.68 bits per heavy atom. The van der Waals surface area contributed by atoms with Crippen molar-refractivity contribution in [2.75, 3.05) is 13.1 Å². The maximum atomic E-state index is 11.1. The topological polar surface area (TPSA) is 74.8 Å². The number of hydrogen-bond acceptors (Lipinski definition) is 4. The Bertz CT molecular complexity index is 883. The second kappa shape index (κ2) is 6.64. The first-order valence-corrected chi connectivity index (χ1v) is 8.63. The van der Waals surface area contributed by atoms with Crippen molar-refractivity contribution in [2.45, 2.75) is 19.4 Å². The molecule has 6 heteroatoms. The number of carbonyl (C=O) groups is 1. The Balaban J connectivity index is 1.66. The molecule has 25 heavy (non-hydrogen) atoms. The lowest BCUT2D eigenvalue weighted by atomic mass is 9.97. The molecule has 128 valence electrons. The number of pyridine rings is 2. The number of carboxylic acid groups (broad SMARTS) is 1. The highest BCUT2D eigenvalue weighted by Gasteiger charge is 2.25. The molecule has 1 fully saturated rings. The number of nitrogens with one attached hydrogen (secondary N) is 1. The number of aliphatic carboxylic acids is 1. The average molecular weight is 336 g/mol. The van der Waals surface area contributed by atoms with Crippen molar-refractivity contribution in [3.63, 3.8) is 0 Å². The fourth-order valence-corrected chi connectivity index (χ4v) is 3.63. The SMILES string of the molecule is O=C([O-])C1CC[NH+](Cc2c(-c3ccncc3)nc3ccccn23)CC1. The summed E-state index contributed by atoms with van der Waals surface area (Å²) < 4.78 is 2.13. The molecule has 1 N–H and O–H groups in total. The summed E-state index contributed by atoms with van der Waals surface area (Å²) in [5, 5.41) is 11.1. The van der Waals surface area contributed by atoms with Crippen molar-refractivity contribution in [3.05, 3.63) is 54.6 Å². The summed E-state index contributed by atoms with van der Waals surface area (Å²) in [7, 11) is 0. The number of rotatable bonds is 4. The van der Waals surface area contributed by atoms with Crippen molar-refractivity contribution < 1.29 is 14.8 Å². The van der Waals surface area contributed by atoms with Crippen LogP contribution in [0.5, 0.6) is 0 Å². The van der Waals surface area contributed by atoms with E-state index in [-0.39, 0.29) is 5.92 Å². The van der Waals surface area contributed by atoms with E-state index < -0.39 is 5.97 Å². The summed E-state index contributed by atoms with van der Waals surface area (Å²) in [5.74, 6) is -1.21. The number of nitrogens with zero attached hydrogens (tertiary/aromatic N) is 3. The van der Waals surface area contributed by atoms with Gasteiger partial charge in [-0.1, -0.05) is 6.07 Å². The summed E-state index contributed by atoms with van der Waals surface area (Å²) in [6, 6.07) is 9.95. The first kappa shape index (κ1) is 15.8. The van der Waals surface area contributed by atoms with E-state index in [2.05, 4.69) is 9.38 Å². The zero-order valence-corrected chi connectivity index (χ0v) is 13.9. The number of fused-ring (bicyclic) bond motifs is 1. The van der Waals surface area contributed by atoms with E-state index in [4.69, 9.17) is 4.98 Å². The first-order chi connectivity index (χ1) is 12.2. The summed E-state index contributed by atoms with van der Waals surface area (Å²) in [6.45, 7) is 2.51. The van der Waals surface area contributed by atoms with Crippen LogP contribution in [-0.2, 0) is 11.3 Å². The van der Waals surface area contributed by atoms with Gasteiger partial charge < -0.3 is 14.8 Å². The molecule has 1 aliphatic rings. The Labute approximate surface area is 145 Å². The third-order valence-corrected chi connectivity index (χ3v) is 5.03. The van der Waals surface area contributed by atoms with E-state index in [9.17, 15) is 9.90 Å². The van der Waals surface area contributed by atoms with E-state index in [1.807, 2.05) is 36.5 Å². The van der Waals surface area contributed by atoms with Crippen LogP contribution in [0.25, 0.3) is 16.9 Å². The summed E-state index contributed by atoms with van der Waals surface area (Å²) in [5.41, 5.74) is 4.11. The molecule has 0 aromatic carbocycles. The second-order valence-electron chi connectivity index (χ2n) is 6.59. The van der Waals surface area contributed by atoms with Crippen LogP contribution in [-0.4, -0.2) is 33.4 Å². The van der Waals surface area contributed by atoms with Gasteiger partial charge in [-0.05, 0) is 24.3 Å². The van der Waals surface area contributed by atoms with E-state index >= 15 is 0 Å². The molecule has 0 radical (unpaired) electrons. The Morgan fingerprint density at radius 1 is 1.20 bits per heavy atom. The number of quaternary nitrogens is 1. The van der Waals surface area contributed by atoms with Crippen LogP contribution < -0.4 is 10.0 Å². The number of aromatic nitrogens is 3. The fraction of sp³-hybridized carbons (Fsp3) is 0.316. The Kier molecular flexibility index (Phi) is 4.19. The van der Waals surface area contributed by atoms with E-state index in [0.717, 1.165) is 42.2 Å². The van der Waals surface area contributed by atoms with Gasteiger partial charge in [-0.2, -0.15) is 0 Å². The molecule has 3 aromatic heterocycles. The maximum Gasteiger partial charge on any atom is 0.137 e. The van der Waals surface area contributed by atoms with Crippen LogP contribution in [0.4, 0.5) is 0 Å². The monoisotopic (exact) mass is 336 g/mol. The molecule has 3 aromatic rings. The van der Waals surface area contributed by atoms with Crippen LogP contribution in [0, 0.1) is 5.92 Å². The standard InChI is InChI=1S/C19H20N4O2/c24-19(25)15-6-11-22(12-7-15)13-16-18(14-4-8-20-9-5-14)21-17-3-1-2-10-23(16)17/h1-5,8-10,15H,6-7,11-13H2,(H,24,25). The third-order valence-electron chi connectivity index (χ3n) is 5.03. The third kappa shape index (κ3) is 3.13. The Morgan fingerprint density at radius 2 is 1.96 bits per heavy atom. The molecule has 1 aliphatic heterocycles. The number of hydrogen-bond donors (Lipinski definition) is 1. The van der Waals surface area contributed by atoms with E-state index in [1.165, 1.54) is 4.90 Å². The molecule has 0 amide bonds. The highest BCUT2D eigenvalue weighted by Crippen LogP contribution is 2.23. The smallest absolute Gasteiger partial charge is 0.137 e. The zero-order valence-electron chi connectivity index (χ0n) is 13.9. The fourth-order valence-electron chi connectivity index (χ4n) is 3.63. The minimum absolute atomic E-state index is 0.300. The normalized spacial score (nSPS) is 20.6. The Hall–Kier alpha value is -2.73. The van der Waals surface area contributed by atoms with Gasteiger partial charge in [-0.25, -0.2) is 4.98 Å². The van der Waals surface area contributed by atoms with Crippen molar-refractivity contribution in [1.82, 2.24) is 14.4 Å². The van der Waals surface area contributed by atoms with Crippen molar-refractivity contribution in [3.8, 4) is 11.3 Å². The molecule has 6 nitrogen and oxygen atoms in total. The van der Waals surface area contributed by atoms with E-state index in [0.29, 0.717) is 12.8 Å². The van der Waals surface area contributed by atoms with Gasteiger partial charge in [-0.15, -0.1) is 0 Å². The first-order valence-electron chi connectivity index (χ1n) is 8.63. The average Bonchev–Trinajstić information content (AvgIpc) is 3.02. The van der Waals surface area contributed by atoms with Crippen LogP contribution in [0.3, 0.4) is 0 Å². The molecule has 0 bridgehead atoms. The lowest BCUT2D eigenvalue weighted by Gasteiger charge is -2.29. The van der Waals surface area contributed by atoms with Gasteiger partial charge in [0.2, 0.25) is 0 Å². The quantitative estimate of drug-likeness (QED) is 0.724. The number of likely N-dealkylation sites (tertiary alicyclic amines) is 1. The molecule has 0 atom stereocenters. The summed E-state index contributed by atoms with van der Waals surface area (Å²) in [6.07, 6.45) is 6.95. The molecule has 0 saturated carbocycles. The predicted molar refractivity (Wildman–Crippen MR) is 90.6 cm³/mol. The molecular weight excluding hydrogens is 316 g/mol. The number of imidazole rings is 1. The second-order valence-corrected chi connectivity index (χ2v) is 6.59. The molecule has 1 saturated heterocycles. The van der Waals surface area contributed by atoms with E-state index in [1.54, 1.807) is 12.4 Å². The van der Waals surface area contributed by atoms with Gasteiger partial charge in [0.15, 0.2) is 0 Å². The minimum Gasteiger partial charge on any atom is -0.550 e. The van der Waals surface area contributed by atoms with Crippen LogP contribution in [0.2, 0.25) is 0 Å². The van der Waals surface area contributed by atoms with Gasteiger partial charge >= 0.3 is 0 Å². The highest BCUT2D eigenvalue weighted by molar-refractivity contribution is 5.67. The van der Waals surface area contributed by atoms with Gasteiger partial charge in [0.1, 0.15) is 17.9 Å². The van der Waals surface area contributed by atoms with Crippen LogP contribution >= 0.6 is 0 Å². The van der Waals surface area contributed by atoms with Crippen LogP contribution in [0.1, 0.15) is 18.5 Å². The van der Waals surface area contributed by atoms with Crippen molar-refractivity contribution in [2.24, 2.45) is 5.92 Å². The molecule has 4 heterocycles. The summed E-state index contributed by atoms with van der Waals surface area (Å²) in [4.78, 5) is 21.3. The molecule has 0 unspecified atom stereocenters. The molecule has 0 spiro atoms. The van der Waals surface area contributed by atoms with Crippen molar-refractivity contribution >= 4 is 11.6 Å². The molecular formula is C19H20N4O2. The summed E-state index contributed by atoms with van der Waals surface area (Å²) >= 11 is 0. The number of piperidine rings is 1. The predicted octanol–water partition coefficient (Wildman–Crippen LogP) is -0.0589. The lowest BCUT2D eigenvalue weighted by molar-refractivity contribution is -0.919. The van der Waals surface area contributed by atoms with Gasteiger partial charge in [-0.3, -0.25) is 9.38 Å². The lowest BCUT2D eigenvalue weighted by Crippen LogP contribution is -3.12. The number of carboxylic acids is 1. The van der Waals surface area contributed by atoms with Crippen LogP contribution in [0.15, 0.2) is 48.9 Å². The van der Waals surface area contributed by atoms with Crippen molar-refractivity contribution in [1.29, 1.82) is 0 Å². The number of carbonyl (C=O) groups excluding carboxylic acids is 1.